The van der Waals surface area contributed by atoms with Crippen LogP contribution < -0.4 is 5.32 Å². The molecule has 1 amide bonds. The van der Waals surface area contributed by atoms with Gasteiger partial charge in [-0.25, -0.2) is 8.42 Å². The first-order valence-corrected chi connectivity index (χ1v) is 10.1. The van der Waals surface area contributed by atoms with Crippen molar-refractivity contribution in [3.05, 3.63) is 41.5 Å². The van der Waals surface area contributed by atoms with Gasteiger partial charge in [-0.2, -0.15) is 0 Å². The van der Waals surface area contributed by atoms with Crippen molar-refractivity contribution in [3.63, 3.8) is 0 Å². The molecule has 0 aliphatic carbocycles. The number of benzene rings is 1. The second-order valence-electron chi connectivity index (χ2n) is 6.39. The standard InChI is InChI=1S/C18H25NO5S/c1-13(2)8-11-24-17-9-10-23-12-16(17)19-18(20)14-4-6-15(7-5-14)25(3,21)22/h4-8,16-17H,9-12H2,1-3H3,(H,19,20)/t16-,17+/m1/s1. The van der Waals surface area contributed by atoms with E-state index in [2.05, 4.69) is 5.32 Å². The molecule has 1 aliphatic rings. The SMILES string of the molecule is CC(C)=CCO[C@H]1CCOC[C@H]1NC(=O)c1ccc(S(C)(=O)=O)cc1. The Morgan fingerprint density at radius 3 is 2.60 bits per heavy atom. The lowest BCUT2D eigenvalue weighted by atomic mass is 10.1. The van der Waals surface area contributed by atoms with Gasteiger partial charge in [0.1, 0.15) is 0 Å². The third kappa shape index (κ3) is 5.95. The third-order valence-electron chi connectivity index (χ3n) is 3.96. The maximum Gasteiger partial charge on any atom is 0.251 e. The number of allylic oxidation sites excluding steroid dienone is 1. The number of amides is 1. The first kappa shape index (κ1) is 19.6. The third-order valence-corrected chi connectivity index (χ3v) is 5.08. The molecule has 25 heavy (non-hydrogen) atoms. The highest BCUT2D eigenvalue weighted by Gasteiger charge is 2.28. The number of carbonyl (C=O) groups is 1. The van der Waals surface area contributed by atoms with Crippen LogP contribution in [0.5, 0.6) is 0 Å². The van der Waals surface area contributed by atoms with E-state index in [1.807, 2.05) is 19.9 Å². The lowest BCUT2D eigenvalue weighted by molar-refractivity contribution is -0.0457. The van der Waals surface area contributed by atoms with Crippen LogP contribution in [-0.2, 0) is 19.3 Å². The largest absolute Gasteiger partial charge is 0.379 e. The molecule has 2 rings (SSSR count). The summed E-state index contributed by atoms with van der Waals surface area (Å²) in [5.74, 6) is -0.272. The first-order chi connectivity index (χ1) is 11.8. The molecule has 2 atom stereocenters. The van der Waals surface area contributed by atoms with E-state index in [1.165, 1.54) is 29.8 Å². The van der Waals surface area contributed by atoms with Crippen molar-refractivity contribution in [2.75, 3.05) is 26.1 Å². The van der Waals surface area contributed by atoms with Crippen molar-refractivity contribution in [1.82, 2.24) is 5.32 Å². The maximum atomic E-state index is 12.4. The van der Waals surface area contributed by atoms with Crippen LogP contribution in [0.15, 0.2) is 40.8 Å². The molecule has 1 fully saturated rings. The van der Waals surface area contributed by atoms with Gasteiger partial charge in [0.15, 0.2) is 9.84 Å². The Balaban J connectivity index is 2.00. The lowest BCUT2D eigenvalue weighted by Crippen LogP contribution is -2.50. The summed E-state index contributed by atoms with van der Waals surface area (Å²) in [5.41, 5.74) is 1.58. The quantitative estimate of drug-likeness (QED) is 0.778. The average Bonchev–Trinajstić information content (AvgIpc) is 2.55. The van der Waals surface area contributed by atoms with Crippen LogP contribution in [0.25, 0.3) is 0 Å². The smallest absolute Gasteiger partial charge is 0.251 e. The molecular formula is C18H25NO5S. The van der Waals surface area contributed by atoms with Gasteiger partial charge in [0, 0.05) is 18.4 Å². The van der Waals surface area contributed by atoms with E-state index in [0.29, 0.717) is 31.8 Å². The first-order valence-electron chi connectivity index (χ1n) is 8.21. The normalized spacial score (nSPS) is 20.8. The highest BCUT2D eigenvalue weighted by molar-refractivity contribution is 7.90. The van der Waals surface area contributed by atoms with Gasteiger partial charge in [-0.1, -0.05) is 11.6 Å². The number of rotatable bonds is 6. The van der Waals surface area contributed by atoms with E-state index >= 15 is 0 Å². The van der Waals surface area contributed by atoms with E-state index in [4.69, 9.17) is 9.47 Å². The number of carbonyl (C=O) groups excluding carboxylic acids is 1. The number of sulfone groups is 1. The summed E-state index contributed by atoms with van der Waals surface area (Å²) in [6, 6.07) is 5.65. The molecular weight excluding hydrogens is 342 g/mol. The summed E-state index contributed by atoms with van der Waals surface area (Å²) in [6.45, 7) is 5.52. The van der Waals surface area contributed by atoms with Gasteiger partial charge in [0.25, 0.3) is 5.91 Å². The Bertz CT molecular complexity index is 720. The van der Waals surface area contributed by atoms with E-state index in [-0.39, 0.29) is 22.9 Å². The molecule has 1 saturated heterocycles. The van der Waals surface area contributed by atoms with Gasteiger partial charge < -0.3 is 14.8 Å². The second kappa shape index (κ2) is 8.60. The Hall–Kier alpha value is -1.70. The highest BCUT2D eigenvalue weighted by Crippen LogP contribution is 2.14. The predicted molar refractivity (Wildman–Crippen MR) is 95.4 cm³/mol. The zero-order valence-corrected chi connectivity index (χ0v) is 15.6. The molecule has 6 nitrogen and oxygen atoms in total. The fourth-order valence-corrected chi connectivity index (χ4v) is 3.13. The summed E-state index contributed by atoms with van der Waals surface area (Å²) in [7, 11) is -3.28. The van der Waals surface area contributed by atoms with Crippen molar-refractivity contribution in [2.45, 2.75) is 37.3 Å². The summed E-state index contributed by atoms with van der Waals surface area (Å²) in [6.07, 6.45) is 3.74. The molecule has 1 aromatic carbocycles. The Morgan fingerprint density at radius 2 is 2.00 bits per heavy atom. The topological polar surface area (TPSA) is 81.7 Å². The van der Waals surface area contributed by atoms with E-state index < -0.39 is 9.84 Å². The van der Waals surface area contributed by atoms with Crippen LogP contribution >= 0.6 is 0 Å². The van der Waals surface area contributed by atoms with Crippen LogP contribution in [0.4, 0.5) is 0 Å². The Kier molecular flexibility index (Phi) is 6.75. The van der Waals surface area contributed by atoms with Crippen molar-refractivity contribution in [1.29, 1.82) is 0 Å². The van der Waals surface area contributed by atoms with E-state index in [9.17, 15) is 13.2 Å². The minimum Gasteiger partial charge on any atom is -0.379 e. The molecule has 0 spiro atoms. The average molecular weight is 367 g/mol. The molecule has 1 aliphatic heterocycles. The Morgan fingerprint density at radius 1 is 1.32 bits per heavy atom. The predicted octanol–water partition coefficient (Wildman–Crippen LogP) is 1.96. The Labute approximate surface area is 149 Å². The van der Waals surface area contributed by atoms with Gasteiger partial charge in [0.2, 0.25) is 0 Å². The fourth-order valence-electron chi connectivity index (χ4n) is 2.50. The molecule has 0 bridgehead atoms. The monoisotopic (exact) mass is 367 g/mol. The van der Waals surface area contributed by atoms with Crippen LogP contribution in [0.1, 0.15) is 30.6 Å². The van der Waals surface area contributed by atoms with Crippen LogP contribution in [0.2, 0.25) is 0 Å². The number of hydrogen-bond donors (Lipinski definition) is 1. The van der Waals surface area contributed by atoms with Crippen LogP contribution in [-0.4, -0.2) is 52.5 Å². The van der Waals surface area contributed by atoms with Crippen molar-refractivity contribution in [3.8, 4) is 0 Å². The van der Waals surface area contributed by atoms with Gasteiger partial charge >= 0.3 is 0 Å². The minimum atomic E-state index is -3.28. The van der Waals surface area contributed by atoms with Gasteiger partial charge in [-0.05, 0) is 44.5 Å². The summed E-state index contributed by atoms with van der Waals surface area (Å²) in [4.78, 5) is 12.6. The van der Waals surface area contributed by atoms with Gasteiger partial charge in [-0.15, -0.1) is 0 Å². The van der Waals surface area contributed by atoms with Crippen LogP contribution in [0.3, 0.4) is 0 Å². The van der Waals surface area contributed by atoms with Gasteiger partial charge in [-0.3, -0.25) is 4.79 Å². The molecule has 1 heterocycles. The molecule has 0 radical (unpaired) electrons. The fraction of sp³-hybridized carbons (Fsp3) is 0.500. The number of hydrogen-bond acceptors (Lipinski definition) is 5. The zero-order chi connectivity index (χ0) is 18.4. The molecule has 1 aromatic rings. The summed E-state index contributed by atoms with van der Waals surface area (Å²) < 4.78 is 34.3. The molecule has 0 saturated carbocycles. The maximum absolute atomic E-state index is 12.4. The highest BCUT2D eigenvalue weighted by atomic mass is 32.2. The van der Waals surface area contributed by atoms with Gasteiger partial charge in [0.05, 0.1) is 30.3 Å². The molecule has 138 valence electrons. The van der Waals surface area contributed by atoms with E-state index in [0.717, 1.165) is 6.26 Å². The summed E-state index contributed by atoms with van der Waals surface area (Å²) >= 11 is 0. The minimum absolute atomic E-state index is 0.108. The lowest BCUT2D eigenvalue weighted by Gasteiger charge is -2.31. The van der Waals surface area contributed by atoms with E-state index in [1.54, 1.807) is 0 Å². The number of ether oxygens (including phenoxy) is 2. The number of nitrogens with one attached hydrogen (secondary N) is 1. The molecule has 1 N–H and O–H groups in total. The van der Waals surface area contributed by atoms with Crippen molar-refractivity contribution < 1.29 is 22.7 Å². The van der Waals surface area contributed by atoms with Crippen molar-refractivity contribution in [2.24, 2.45) is 0 Å². The molecule has 0 aromatic heterocycles. The van der Waals surface area contributed by atoms with Crippen LogP contribution in [0, 0.1) is 0 Å². The second-order valence-corrected chi connectivity index (χ2v) is 8.41. The molecule has 7 heteroatoms. The summed E-state index contributed by atoms with van der Waals surface area (Å²) in [5, 5.41) is 2.92. The van der Waals surface area contributed by atoms with Crippen molar-refractivity contribution >= 4 is 15.7 Å². The molecule has 0 unspecified atom stereocenters. The zero-order valence-electron chi connectivity index (χ0n) is 14.8.